The zero-order valence-corrected chi connectivity index (χ0v) is 19.0. The van der Waals surface area contributed by atoms with E-state index in [1.54, 1.807) is 18.1 Å². The molecule has 1 amide bonds. The van der Waals surface area contributed by atoms with Crippen LogP contribution in [0, 0.1) is 0 Å². The van der Waals surface area contributed by atoms with Gasteiger partial charge < -0.3 is 14.5 Å². The molecule has 0 bridgehead atoms. The molecule has 0 aliphatic carbocycles. The quantitative estimate of drug-likeness (QED) is 0.647. The van der Waals surface area contributed by atoms with E-state index in [9.17, 15) is 13.2 Å². The fourth-order valence-corrected chi connectivity index (χ4v) is 4.66. The van der Waals surface area contributed by atoms with Crippen LogP contribution < -0.4 is 13.9 Å². The molecule has 2 aromatic rings. The number of piperazine rings is 1. The van der Waals surface area contributed by atoms with E-state index in [1.807, 2.05) is 24.3 Å². The van der Waals surface area contributed by atoms with Crippen LogP contribution in [-0.4, -0.2) is 65.3 Å². The van der Waals surface area contributed by atoms with Crippen LogP contribution in [0.1, 0.15) is 0 Å². The fourth-order valence-electron chi connectivity index (χ4n) is 3.37. The second-order valence-corrected chi connectivity index (χ2v) is 9.66. The van der Waals surface area contributed by atoms with Crippen LogP contribution >= 0.6 is 23.2 Å². The number of hydrogen-bond acceptors (Lipinski definition) is 5. The van der Waals surface area contributed by atoms with Crippen molar-refractivity contribution in [3.05, 3.63) is 52.5 Å². The average molecular weight is 472 g/mol. The summed E-state index contributed by atoms with van der Waals surface area (Å²) in [5.74, 6) is 0.479. The minimum Gasteiger partial charge on any atom is -0.495 e. The van der Waals surface area contributed by atoms with Crippen molar-refractivity contribution in [1.29, 1.82) is 0 Å². The van der Waals surface area contributed by atoms with E-state index in [4.69, 9.17) is 27.9 Å². The van der Waals surface area contributed by atoms with Gasteiger partial charge in [0.2, 0.25) is 15.9 Å². The summed E-state index contributed by atoms with van der Waals surface area (Å²) in [6, 6.07) is 12.2. The van der Waals surface area contributed by atoms with Crippen LogP contribution in [0.2, 0.25) is 10.0 Å². The number of methoxy groups -OCH3 is 1. The van der Waals surface area contributed by atoms with E-state index in [0.29, 0.717) is 31.2 Å². The van der Waals surface area contributed by atoms with Gasteiger partial charge in [-0.2, -0.15) is 0 Å². The van der Waals surface area contributed by atoms with Gasteiger partial charge in [0.25, 0.3) is 0 Å². The minimum atomic E-state index is -3.74. The second-order valence-electron chi connectivity index (χ2n) is 6.91. The van der Waals surface area contributed by atoms with Gasteiger partial charge in [0.1, 0.15) is 12.3 Å². The molecule has 162 valence electrons. The molecule has 3 rings (SSSR count). The number of amides is 1. The topological polar surface area (TPSA) is 70.2 Å². The number of carbonyl (C=O) groups is 1. The number of ether oxygens (including phenoxy) is 1. The molecule has 0 aromatic heterocycles. The predicted molar refractivity (Wildman–Crippen MR) is 120 cm³/mol. The van der Waals surface area contributed by atoms with Crippen LogP contribution in [-0.2, 0) is 14.8 Å². The Morgan fingerprint density at radius 3 is 2.40 bits per heavy atom. The van der Waals surface area contributed by atoms with Crippen LogP contribution in [0.4, 0.5) is 11.4 Å². The Hall–Kier alpha value is -2.16. The highest BCUT2D eigenvalue weighted by molar-refractivity contribution is 7.92. The number of carbonyl (C=O) groups excluding carboxylic acids is 1. The SMILES string of the molecule is COc1ccccc1N1CCN(C(=O)CN(c2cc(Cl)ccc2Cl)S(C)(=O)=O)CC1. The molecule has 0 saturated carbocycles. The van der Waals surface area contributed by atoms with E-state index < -0.39 is 10.0 Å². The third-order valence-electron chi connectivity index (χ3n) is 4.91. The van der Waals surface area contributed by atoms with E-state index in [2.05, 4.69) is 4.90 Å². The zero-order chi connectivity index (χ0) is 21.9. The highest BCUT2D eigenvalue weighted by atomic mass is 35.5. The molecule has 10 heteroatoms. The summed E-state index contributed by atoms with van der Waals surface area (Å²) in [6.45, 7) is 1.83. The molecule has 30 heavy (non-hydrogen) atoms. The molecule has 1 fully saturated rings. The van der Waals surface area contributed by atoms with Crippen molar-refractivity contribution >= 4 is 50.5 Å². The summed E-state index contributed by atoms with van der Waals surface area (Å²) in [7, 11) is -2.11. The first-order chi connectivity index (χ1) is 14.2. The minimum absolute atomic E-state index is 0.188. The molecule has 1 heterocycles. The Morgan fingerprint density at radius 2 is 1.77 bits per heavy atom. The molecule has 0 N–H and O–H groups in total. The van der Waals surface area contributed by atoms with Crippen LogP contribution in [0.25, 0.3) is 0 Å². The smallest absolute Gasteiger partial charge is 0.243 e. The summed E-state index contributed by atoms with van der Waals surface area (Å²) in [6.07, 6.45) is 1.04. The molecule has 1 aliphatic rings. The number of hydrogen-bond donors (Lipinski definition) is 0. The summed E-state index contributed by atoms with van der Waals surface area (Å²) >= 11 is 12.2. The molecule has 2 aromatic carbocycles. The predicted octanol–water partition coefficient (Wildman–Crippen LogP) is 3.12. The van der Waals surface area contributed by atoms with Gasteiger partial charge in [0.15, 0.2) is 0 Å². The van der Waals surface area contributed by atoms with Crippen molar-refractivity contribution in [2.75, 3.05) is 55.3 Å². The summed E-state index contributed by atoms with van der Waals surface area (Å²) in [5, 5.41) is 0.541. The Balaban J connectivity index is 1.71. The first-order valence-corrected chi connectivity index (χ1v) is 11.9. The normalized spacial score (nSPS) is 14.5. The van der Waals surface area contributed by atoms with Crippen molar-refractivity contribution in [2.24, 2.45) is 0 Å². The molecular formula is C20H23Cl2N3O4S. The Bertz CT molecular complexity index is 1020. The number of halogens is 2. The van der Waals surface area contributed by atoms with Crippen LogP contribution in [0.5, 0.6) is 5.75 Å². The van der Waals surface area contributed by atoms with Gasteiger partial charge in [-0.15, -0.1) is 0 Å². The number of rotatable bonds is 6. The molecule has 1 aliphatic heterocycles. The van der Waals surface area contributed by atoms with Crippen molar-refractivity contribution in [1.82, 2.24) is 4.90 Å². The van der Waals surface area contributed by atoms with Gasteiger partial charge in [-0.1, -0.05) is 35.3 Å². The zero-order valence-electron chi connectivity index (χ0n) is 16.7. The van der Waals surface area contributed by atoms with Gasteiger partial charge >= 0.3 is 0 Å². The first kappa shape index (κ1) is 22.5. The van der Waals surface area contributed by atoms with Crippen LogP contribution in [0.15, 0.2) is 42.5 Å². The molecule has 0 unspecified atom stereocenters. The Kier molecular flexibility index (Phi) is 7.00. The molecule has 7 nitrogen and oxygen atoms in total. The standard InChI is InChI=1S/C20H23Cl2N3O4S/c1-29-19-6-4-3-5-17(19)23-9-11-24(12-10-23)20(26)14-25(30(2,27)28)18-13-15(21)7-8-16(18)22/h3-8,13H,9-12,14H2,1-2H3. The van der Waals surface area contributed by atoms with Gasteiger partial charge in [0.05, 0.1) is 29.8 Å². The molecular weight excluding hydrogens is 449 g/mol. The number of anilines is 2. The van der Waals surface area contributed by atoms with Gasteiger partial charge in [-0.25, -0.2) is 8.42 Å². The molecule has 0 radical (unpaired) electrons. The summed E-state index contributed by atoms with van der Waals surface area (Å²) < 4.78 is 31.1. The highest BCUT2D eigenvalue weighted by Crippen LogP contribution is 2.31. The molecule has 0 atom stereocenters. The largest absolute Gasteiger partial charge is 0.495 e. The second kappa shape index (κ2) is 9.32. The lowest BCUT2D eigenvalue weighted by atomic mass is 10.2. The third kappa shape index (κ3) is 5.11. The monoisotopic (exact) mass is 471 g/mol. The third-order valence-corrected chi connectivity index (χ3v) is 6.60. The lowest BCUT2D eigenvalue weighted by Crippen LogP contribution is -2.52. The molecule has 1 saturated heterocycles. The lowest BCUT2D eigenvalue weighted by molar-refractivity contribution is -0.129. The average Bonchev–Trinajstić information content (AvgIpc) is 2.73. The van der Waals surface area contributed by atoms with Gasteiger partial charge in [-0.3, -0.25) is 9.10 Å². The number of para-hydroxylation sites is 2. The van der Waals surface area contributed by atoms with Crippen molar-refractivity contribution in [3.8, 4) is 5.75 Å². The molecule has 0 spiro atoms. The number of nitrogens with zero attached hydrogens (tertiary/aromatic N) is 3. The lowest BCUT2D eigenvalue weighted by Gasteiger charge is -2.37. The maximum Gasteiger partial charge on any atom is 0.243 e. The summed E-state index contributed by atoms with van der Waals surface area (Å²) in [5.41, 5.74) is 1.16. The van der Waals surface area contributed by atoms with E-state index in [-0.39, 0.29) is 23.2 Å². The Labute approximate surface area is 186 Å². The maximum absolute atomic E-state index is 12.9. The van der Waals surface area contributed by atoms with E-state index in [1.165, 1.54) is 12.1 Å². The number of sulfonamides is 1. The highest BCUT2D eigenvalue weighted by Gasteiger charge is 2.28. The van der Waals surface area contributed by atoms with E-state index in [0.717, 1.165) is 22.0 Å². The van der Waals surface area contributed by atoms with Crippen molar-refractivity contribution in [2.45, 2.75) is 0 Å². The number of benzene rings is 2. The summed E-state index contributed by atoms with van der Waals surface area (Å²) in [4.78, 5) is 16.7. The maximum atomic E-state index is 12.9. The van der Waals surface area contributed by atoms with Crippen molar-refractivity contribution in [3.63, 3.8) is 0 Å². The fraction of sp³-hybridized carbons (Fsp3) is 0.350. The first-order valence-electron chi connectivity index (χ1n) is 9.29. The van der Waals surface area contributed by atoms with Gasteiger partial charge in [0, 0.05) is 31.2 Å². The van der Waals surface area contributed by atoms with E-state index >= 15 is 0 Å². The Morgan fingerprint density at radius 1 is 1.10 bits per heavy atom. The van der Waals surface area contributed by atoms with Crippen LogP contribution in [0.3, 0.4) is 0 Å². The van der Waals surface area contributed by atoms with Crippen molar-refractivity contribution < 1.29 is 17.9 Å². The van der Waals surface area contributed by atoms with Gasteiger partial charge in [-0.05, 0) is 30.3 Å².